The Hall–Kier alpha value is -7.02. The van der Waals surface area contributed by atoms with Crippen LogP contribution >= 0.6 is 0 Å². The fourth-order valence-corrected chi connectivity index (χ4v) is 7.87. The number of H-pyrrole nitrogens is 2. The topological polar surface area (TPSA) is 163 Å². The molecule has 13 heteroatoms. The molecule has 8 aromatic rings. The lowest BCUT2D eigenvalue weighted by molar-refractivity contribution is 0.0700. The Bertz CT molecular complexity index is 2610. The maximum absolute atomic E-state index is 12.9. The van der Waals surface area contributed by atoms with Crippen LogP contribution in [0.15, 0.2) is 120 Å². The Labute approximate surface area is 341 Å². The first-order valence-electron chi connectivity index (χ1n) is 20.3. The quantitative estimate of drug-likeness (QED) is 0.162. The van der Waals surface area contributed by atoms with Gasteiger partial charge in [-0.2, -0.15) is 4.98 Å². The number of hydrogen-bond donors (Lipinski definition) is 2. The molecule has 2 aliphatic rings. The van der Waals surface area contributed by atoms with Crippen molar-refractivity contribution >= 4 is 33.9 Å². The molecule has 0 saturated carbocycles. The first-order chi connectivity index (χ1) is 29.0. The lowest BCUT2D eigenvalue weighted by Crippen LogP contribution is -2.38. The Morgan fingerprint density at radius 2 is 1.22 bits per heavy atom. The molecule has 5 aromatic heterocycles. The van der Waals surface area contributed by atoms with E-state index in [4.69, 9.17) is 14.5 Å². The first-order valence-corrected chi connectivity index (χ1v) is 20.3. The summed E-state index contributed by atoms with van der Waals surface area (Å²) >= 11 is 0. The Morgan fingerprint density at radius 1 is 0.644 bits per heavy atom. The number of imidazole rings is 2. The number of piperidine rings is 2. The van der Waals surface area contributed by atoms with Crippen molar-refractivity contribution in [3.8, 4) is 22.6 Å². The summed E-state index contributed by atoms with van der Waals surface area (Å²) in [6.45, 7) is 4.85. The predicted octanol–water partition coefficient (Wildman–Crippen LogP) is 8.23. The van der Waals surface area contributed by atoms with E-state index < -0.39 is 0 Å². The van der Waals surface area contributed by atoms with E-state index in [0.29, 0.717) is 54.3 Å². The highest BCUT2D eigenvalue weighted by Crippen LogP contribution is 2.30. The van der Waals surface area contributed by atoms with Crippen LogP contribution in [0.3, 0.4) is 0 Å². The van der Waals surface area contributed by atoms with Crippen molar-refractivity contribution in [3.63, 3.8) is 0 Å². The van der Waals surface area contributed by atoms with Gasteiger partial charge in [0.25, 0.3) is 11.8 Å². The van der Waals surface area contributed by atoms with Crippen molar-refractivity contribution in [1.29, 1.82) is 0 Å². The van der Waals surface area contributed by atoms with Crippen molar-refractivity contribution in [2.75, 3.05) is 26.2 Å². The number of carbonyl (C=O) groups excluding carboxylic acids is 2. The van der Waals surface area contributed by atoms with Crippen molar-refractivity contribution < 1.29 is 14.1 Å². The van der Waals surface area contributed by atoms with Gasteiger partial charge in [-0.25, -0.2) is 9.97 Å². The number of rotatable bonds is 7. The van der Waals surface area contributed by atoms with Gasteiger partial charge in [0.1, 0.15) is 17.3 Å². The van der Waals surface area contributed by atoms with Crippen LogP contribution in [0.4, 0.5) is 0 Å². The molecule has 2 fully saturated rings. The average molecular weight is 785 g/mol. The molecule has 0 spiro atoms. The molecule has 0 bridgehead atoms. The Balaban J connectivity index is 0.000000152. The van der Waals surface area contributed by atoms with Gasteiger partial charge in [-0.1, -0.05) is 54.5 Å². The summed E-state index contributed by atoms with van der Waals surface area (Å²) in [5.41, 5.74) is 7.90. The standard InChI is InChI=1S/C23H23N5O2.C23H21N5O/c1-2-20-26-22(27-30-20)15-7-9-17(10-8-15)23(29)28-13-11-16(12-14-28)21-24-18-5-3-4-6-19(18)25-21;29-23(21-9-8-17(15-25-21)18-5-3-4-12-24-18)28-13-10-16(11-14-28)22-26-19-6-1-2-7-20(19)27-22/h3-10,16H,2,11-14H2,1H3,(H,24,25);1-9,12,15-16H,10-11,13-14H2,(H,26,27). The van der Waals surface area contributed by atoms with E-state index >= 15 is 0 Å². The van der Waals surface area contributed by atoms with Crippen LogP contribution in [0.1, 0.15) is 82.8 Å². The van der Waals surface area contributed by atoms with Crippen molar-refractivity contribution in [1.82, 2.24) is 49.8 Å². The summed E-state index contributed by atoms with van der Waals surface area (Å²) in [4.78, 5) is 59.0. The minimum atomic E-state index is -0.0133. The van der Waals surface area contributed by atoms with Crippen LogP contribution in [-0.2, 0) is 6.42 Å². The third-order valence-corrected chi connectivity index (χ3v) is 11.3. The molecule has 0 unspecified atom stereocenters. The number of aryl methyl sites for hydroxylation is 1. The van der Waals surface area contributed by atoms with Gasteiger partial charge in [-0.15, -0.1) is 0 Å². The summed E-state index contributed by atoms with van der Waals surface area (Å²) in [7, 11) is 0. The third-order valence-electron chi connectivity index (χ3n) is 11.3. The molecule has 59 heavy (non-hydrogen) atoms. The molecule has 13 nitrogen and oxygen atoms in total. The molecule has 7 heterocycles. The SMILES string of the molecule is CCc1nc(-c2ccc(C(=O)N3CCC(c4nc5ccccc5[nH]4)CC3)cc2)no1.O=C(c1ccc(-c2ccccn2)cn1)N1CCC(c2nc3ccccc3[nH]2)CC1. The Kier molecular flexibility index (Phi) is 10.7. The van der Waals surface area contributed by atoms with Gasteiger partial charge in [0.15, 0.2) is 0 Å². The summed E-state index contributed by atoms with van der Waals surface area (Å²) in [6.07, 6.45) is 7.79. The second kappa shape index (κ2) is 16.8. The molecular weight excluding hydrogens is 741 g/mol. The zero-order chi connectivity index (χ0) is 40.1. The summed E-state index contributed by atoms with van der Waals surface area (Å²) in [5, 5.41) is 3.98. The molecule has 3 aromatic carbocycles. The van der Waals surface area contributed by atoms with Gasteiger partial charge in [-0.3, -0.25) is 19.6 Å². The average Bonchev–Trinajstić information content (AvgIpc) is 4.09. The number of para-hydroxylation sites is 4. The summed E-state index contributed by atoms with van der Waals surface area (Å²) < 4.78 is 5.16. The lowest BCUT2D eigenvalue weighted by atomic mass is 9.95. The number of amides is 2. The lowest BCUT2D eigenvalue weighted by Gasteiger charge is -2.31. The summed E-state index contributed by atoms with van der Waals surface area (Å²) in [5.74, 6) is 3.97. The molecule has 2 amide bonds. The second-order valence-corrected chi connectivity index (χ2v) is 15.0. The van der Waals surface area contributed by atoms with Crippen LogP contribution in [0.25, 0.3) is 44.7 Å². The molecule has 2 N–H and O–H groups in total. The first kappa shape index (κ1) is 37.6. The number of pyridine rings is 2. The molecule has 0 radical (unpaired) electrons. The minimum Gasteiger partial charge on any atom is -0.342 e. The zero-order valence-corrected chi connectivity index (χ0v) is 32.8. The van der Waals surface area contributed by atoms with Gasteiger partial charge in [0.05, 0.1) is 27.8 Å². The summed E-state index contributed by atoms with van der Waals surface area (Å²) in [6, 6.07) is 33.0. The van der Waals surface area contributed by atoms with Gasteiger partial charge in [0.2, 0.25) is 11.7 Å². The minimum absolute atomic E-state index is 0.0133. The number of aromatic nitrogens is 8. The van der Waals surface area contributed by atoms with Crippen LogP contribution < -0.4 is 0 Å². The van der Waals surface area contributed by atoms with Crippen LogP contribution in [0, 0.1) is 0 Å². The number of carbonyl (C=O) groups is 2. The van der Waals surface area contributed by atoms with E-state index in [9.17, 15) is 9.59 Å². The molecule has 2 aliphatic heterocycles. The van der Waals surface area contributed by atoms with E-state index in [1.54, 1.807) is 18.5 Å². The van der Waals surface area contributed by atoms with Gasteiger partial charge < -0.3 is 24.3 Å². The second-order valence-electron chi connectivity index (χ2n) is 15.0. The largest absolute Gasteiger partial charge is 0.342 e. The third kappa shape index (κ3) is 8.22. The van der Waals surface area contributed by atoms with Crippen molar-refractivity contribution in [2.24, 2.45) is 0 Å². The van der Waals surface area contributed by atoms with E-state index in [1.165, 1.54) is 0 Å². The molecule has 2 saturated heterocycles. The normalized spacial score (nSPS) is 15.0. The molecule has 10 rings (SSSR count). The highest BCUT2D eigenvalue weighted by atomic mass is 16.5. The maximum atomic E-state index is 12.9. The van der Waals surface area contributed by atoms with Crippen molar-refractivity contribution in [3.05, 3.63) is 144 Å². The van der Waals surface area contributed by atoms with E-state index in [-0.39, 0.29) is 11.8 Å². The molecule has 0 atom stereocenters. The van der Waals surface area contributed by atoms with Gasteiger partial charge in [-0.05, 0) is 86.3 Å². The number of benzene rings is 3. The van der Waals surface area contributed by atoms with E-state index in [1.807, 2.05) is 114 Å². The number of nitrogens with zero attached hydrogens (tertiary/aromatic N) is 8. The smallest absolute Gasteiger partial charge is 0.272 e. The molecule has 0 aliphatic carbocycles. The monoisotopic (exact) mass is 784 g/mol. The van der Waals surface area contributed by atoms with Crippen LogP contribution in [-0.4, -0.2) is 87.8 Å². The van der Waals surface area contributed by atoms with Gasteiger partial charge in [0, 0.05) is 73.5 Å². The molecule has 296 valence electrons. The van der Waals surface area contributed by atoms with Crippen molar-refractivity contribution in [2.45, 2.75) is 50.9 Å². The molecular formula is C46H44N10O3. The predicted molar refractivity (Wildman–Crippen MR) is 225 cm³/mol. The fraction of sp³-hybridized carbons (Fsp3) is 0.261. The zero-order valence-electron chi connectivity index (χ0n) is 32.8. The van der Waals surface area contributed by atoms with Gasteiger partial charge >= 0.3 is 0 Å². The number of nitrogens with one attached hydrogen (secondary N) is 2. The van der Waals surface area contributed by atoms with E-state index in [2.05, 4.69) is 30.1 Å². The maximum Gasteiger partial charge on any atom is 0.272 e. The fourth-order valence-electron chi connectivity index (χ4n) is 7.87. The number of aromatic amines is 2. The number of likely N-dealkylation sites (tertiary alicyclic amines) is 2. The highest BCUT2D eigenvalue weighted by molar-refractivity contribution is 5.95. The number of fused-ring (bicyclic) bond motifs is 2. The van der Waals surface area contributed by atoms with Crippen LogP contribution in [0.2, 0.25) is 0 Å². The van der Waals surface area contributed by atoms with Crippen LogP contribution in [0.5, 0.6) is 0 Å². The highest BCUT2D eigenvalue weighted by Gasteiger charge is 2.28. The van der Waals surface area contributed by atoms with E-state index in [0.717, 1.165) is 89.3 Å². The Morgan fingerprint density at radius 3 is 1.75 bits per heavy atom. The number of hydrogen-bond acceptors (Lipinski definition) is 9.